The highest BCUT2D eigenvalue weighted by atomic mass is 79.9. The Bertz CT molecular complexity index is 233. The van der Waals surface area contributed by atoms with Crippen molar-refractivity contribution in [3.63, 3.8) is 0 Å². The molecule has 0 bridgehead atoms. The molecular weight excluding hydrogens is 240 g/mol. The average molecular weight is 261 g/mol. The molecule has 0 aliphatic heterocycles. The number of halogens is 1. The maximum Gasteiger partial charge on any atom is 0.254 e. The van der Waals surface area contributed by atoms with Gasteiger partial charge < -0.3 is 17.0 Å². The van der Waals surface area contributed by atoms with Crippen LogP contribution in [0.5, 0.6) is 0 Å². The summed E-state index contributed by atoms with van der Waals surface area (Å²) >= 11 is 0. The molecule has 0 aliphatic rings. The van der Waals surface area contributed by atoms with E-state index in [9.17, 15) is 0 Å². The van der Waals surface area contributed by atoms with Crippen molar-refractivity contribution in [3.05, 3.63) is 18.2 Å². The summed E-state index contributed by atoms with van der Waals surface area (Å²) in [6.45, 7) is 5.51. The van der Waals surface area contributed by atoms with Crippen molar-refractivity contribution in [3.8, 4) is 0 Å². The molecule has 0 saturated heterocycles. The van der Waals surface area contributed by atoms with Gasteiger partial charge in [-0.05, 0) is 13.3 Å². The van der Waals surface area contributed by atoms with Crippen molar-refractivity contribution in [2.45, 2.75) is 52.5 Å². The summed E-state index contributed by atoms with van der Waals surface area (Å²) < 4.78 is 2.28. The summed E-state index contributed by atoms with van der Waals surface area (Å²) in [6, 6.07) is 0. The molecular formula is C11H21BrN2. The molecule has 0 aromatic carbocycles. The number of rotatable bonds is 6. The van der Waals surface area contributed by atoms with Crippen molar-refractivity contribution in [2.24, 2.45) is 0 Å². The van der Waals surface area contributed by atoms with E-state index in [1.54, 1.807) is 0 Å². The van der Waals surface area contributed by atoms with Crippen molar-refractivity contribution in [2.75, 3.05) is 0 Å². The highest BCUT2D eigenvalue weighted by Crippen LogP contribution is 2.02. The SMILES string of the molecule is CCCCCCc1[nH]cc[n+]1CC.[Br-]. The first-order valence-corrected chi connectivity index (χ1v) is 5.44. The molecule has 0 aliphatic carbocycles. The number of aryl methyl sites for hydroxylation is 2. The van der Waals surface area contributed by atoms with Gasteiger partial charge in [-0.15, -0.1) is 0 Å². The molecule has 14 heavy (non-hydrogen) atoms. The Morgan fingerprint density at radius 2 is 2.00 bits per heavy atom. The maximum atomic E-state index is 3.30. The summed E-state index contributed by atoms with van der Waals surface area (Å²) in [5.41, 5.74) is 0. The quantitative estimate of drug-likeness (QED) is 0.524. The number of aromatic nitrogens is 2. The number of nitrogens with zero attached hydrogens (tertiary/aromatic N) is 1. The van der Waals surface area contributed by atoms with Crippen LogP contribution in [0.4, 0.5) is 0 Å². The average Bonchev–Trinajstić information content (AvgIpc) is 2.60. The van der Waals surface area contributed by atoms with Gasteiger partial charge in [0.1, 0.15) is 12.4 Å². The number of unbranched alkanes of at least 4 members (excludes halogenated alkanes) is 3. The van der Waals surface area contributed by atoms with E-state index >= 15 is 0 Å². The first-order valence-electron chi connectivity index (χ1n) is 5.44. The molecule has 0 radical (unpaired) electrons. The van der Waals surface area contributed by atoms with Crippen LogP contribution >= 0.6 is 0 Å². The van der Waals surface area contributed by atoms with Crippen LogP contribution in [0.3, 0.4) is 0 Å². The predicted molar refractivity (Wildman–Crippen MR) is 54.5 cm³/mol. The Labute approximate surface area is 97.5 Å². The molecule has 3 heteroatoms. The first kappa shape index (κ1) is 13.7. The summed E-state index contributed by atoms with van der Waals surface area (Å²) in [5.74, 6) is 1.37. The van der Waals surface area contributed by atoms with E-state index in [1.165, 1.54) is 37.9 Å². The van der Waals surface area contributed by atoms with Gasteiger partial charge in [0.15, 0.2) is 0 Å². The van der Waals surface area contributed by atoms with E-state index in [4.69, 9.17) is 0 Å². The molecule has 1 N–H and O–H groups in total. The number of imidazole rings is 1. The number of hydrogen-bond acceptors (Lipinski definition) is 0. The van der Waals surface area contributed by atoms with Crippen LogP contribution in [0, 0.1) is 0 Å². The highest BCUT2D eigenvalue weighted by Gasteiger charge is 2.06. The molecule has 1 heterocycles. The zero-order valence-corrected chi connectivity index (χ0v) is 10.8. The summed E-state index contributed by atoms with van der Waals surface area (Å²) in [7, 11) is 0. The van der Waals surface area contributed by atoms with Crippen LogP contribution in [0.2, 0.25) is 0 Å². The standard InChI is InChI=1S/C11H20N2.BrH/c1-3-5-6-7-8-11-12-9-10-13(11)4-2;/h9-10H,3-8H2,1-2H3;1H. The number of aromatic amines is 1. The number of H-pyrrole nitrogens is 1. The lowest BCUT2D eigenvalue weighted by Gasteiger charge is -1.97. The fraction of sp³-hybridized carbons (Fsp3) is 0.727. The normalized spacial score (nSPS) is 9.86. The Morgan fingerprint density at radius 3 is 2.64 bits per heavy atom. The molecule has 0 atom stereocenters. The van der Waals surface area contributed by atoms with Crippen molar-refractivity contribution in [1.29, 1.82) is 0 Å². The summed E-state index contributed by atoms with van der Waals surface area (Å²) in [4.78, 5) is 3.30. The summed E-state index contributed by atoms with van der Waals surface area (Å²) in [6.07, 6.45) is 10.7. The lowest BCUT2D eigenvalue weighted by atomic mass is 10.1. The number of nitrogens with one attached hydrogen (secondary N) is 1. The van der Waals surface area contributed by atoms with E-state index in [1.807, 2.05) is 6.20 Å². The Kier molecular flexibility index (Phi) is 7.86. The van der Waals surface area contributed by atoms with Gasteiger partial charge in [-0.25, -0.2) is 9.55 Å². The second-order valence-corrected chi connectivity index (χ2v) is 3.50. The summed E-state index contributed by atoms with van der Waals surface area (Å²) in [5, 5.41) is 0. The van der Waals surface area contributed by atoms with E-state index < -0.39 is 0 Å². The maximum absolute atomic E-state index is 3.30. The topological polar surface area (TPSA) is 19.7 Å². The van der Waals surface area contributed by atoms with E-state index in [0.29, 0.717) is 0 Å². The largest absolute Gasteiger partial charge is 1.00 e. The third-order valence-corrected chi connectivity index (χ3v) is 2.46. The van der Waals surface area contributed by atoms with Gasteiger partial charge in [0.25, 0.3) is 5.82 Å². The van der Waals surface area contributed by atoms with Crippen LogP contribution < -0.4 is 21.5 Å². The van der Waals surface area contributed by atoms with E-state index in [-0.39, 0.29) is 17.0 Å². The highest BCUT2D eigenvalue weighted by molar-refractivity contribution is 4.77. The van der Waals surface area contributed by atoms with Gasteiger partial charge in [-0.3, -0.25) is 0 Å². The van der Waals surface area contributed by atoms with Gasteiger partial charge in [-0.1, -0.05) is 26.2 Å². The Morgan fingerprint density at radius 1 is 1.21 bits per heavy atom. The van der Waals surface area contributed by atoms with Crippen LogP contribution in [-0.4, -0.2) is 4.98 Å². The molecule has 82 valence electrons. The minimum atomic E-state index is 0. The molecule has 0 amide bonds. The molecule has 2 nitrogen and oxygen atoms in total. The fourth-order valence-corrected chi connectivity index (χ4v) is 1.63. The molecule has 1 aromatic rings. The molecule has 0 unspecified atom stereocenters. The number of hydrogen-bond donors (Lipinski definition) is 1. The Balaban J connectivity index is 0.00000169. The first-order chi connectivity index (χ1) is 6.38. The smallest absolute Gasteiger partial charge is 0.254 e. The van der Waals surface area contributed by atoms with E-state index in [0.717, 1.165) is 6.54 Å². The lowest BCUT2D eigenvalue weighted by Crippen LogP contribution is -3.00. The van der Waals surface area contributed by atoms with Crippen molar-refractivity contribution < 1.29 is 21.5 Å². The predicted octanol–water partition coefficient (Wildman–Crippen LogP) is -0.551. The van der Waals surface area contributed by atoms with Crippen LogP contribution in [-0.2, 0) is 13.0 Å². The molecule has 1 aromatic heterocycles. The zero-order chi connectivity index (χ0) is 9.52. The lowest BCUT2D eigenvalue weighted by molar-refractivity contribution is -0.699. The fourth-order valence-electron chi connectivity index (χ4n) is 1.63. The van der Waals surface area contributed by atoms with Gasteiger partial charge in [0.2, 0.25) is 0 Å². The second kappa shape index (κ2) is 8.04. The van der Waals surface area contributed by atoms with Gasteiger partial charge in [0, 0.05) is 6.42 Å². The van der Waals surface area contributed by atoms with Crippen LogP contribution in [0.15, 0.2) is 12.4 Å². The van der Waals surface area contributed by atoms with E-state index in [2.05, 4.69) is 29.6 Å². The van der Waals surface area contributed by atoms with Gasteiger partial charge in [-0.2, -0.15) is 0 Å². The minimum Gasteiger partial charge on any atom is -1.00 e. The molecule has 1 rings (SSSR count). The molecule has 0 spiro atoms. The molecule has 0 saturated carbocycles. The van der Waals surface area contributed by atoms with Crippen molar-refractivity contribution in [1.82, 2.24) is 4.98 Å². The minimum absolute atomic E-state index is 0. The third kappa shape index (κ3) is 4.27. The monoisotopic (exact) mass is 260 g/mol. The van der Waals surface area contributed by atoms with Gasteiger partial charge >= 0.3 is 0 Å². The third-order valence-electron chi connectivity index (χ3n) is 2.46. The van der Waals surface area contributed by atoms with Gasteiger partial charge in [0.05, 0.1) is 6.54 Å². The zero-order valence-electron chi connectivity index (χ0n) is 9.22. The van der Waals surface area contributed by atoms with Crippen LogP contribution in [0.25, 0.3) is 0 Å². The molecule has 0 fully saturated rings. The Hall–Kier alpha value is -0.310. The second-order valence-electron chi connectivity index (χ2n) is 3.50. The van der Waals surface area contributed by atoms with Crippen molar-refractivity contribution >= 4 is 0 Å². The van der Waals surface area contributed by atoms with Crippen LogP contribution in [0.1, 0.15) is 45.4 Å².